The number of nitrogens with one attached hydrogen (secondary N) is 1. The Kier molecular flexibility index (Phi) is 7.60. The predicted octanol–water partition coefficient (Wildman–Crippen LogP) is 4.33. The average molecular weight is 570 g/mol. The first-order valence-corrected chi connectivity index (χ1v) is 16.3. The zero-order chi connectivity index (χ0) is 27.0. The maximum atomic E-state index is 12.5. The molecule has 11 heteroatoms. The number of aromatic nitrogens is 3. The summed E-state index contributed by atoms with van der Waals surface area (Å²) in [7, 11) is -1.63. The zero-order valence-electron chi connectivity index (χ0n) is 22.5. The number of morpholine rings is 1. The SMILES string of the molecule is COCCC1CCN(Cc2cc3nc(-c4cc(S(C)(=O)=O)cc5[nH]ccc45)nc(N4CCOCC4)c3s2)CC1. The number of anilines is 1. The van der Waals surface area contributed by atoms with E-state index in [1.165, 1.54) is 24.0 Å². The van der Waals surface area contributed by atoms with E-state index in [9.17, 15) is 8.42 Å². The van der Waals surface area contributed by atoms with Gasteiger partial charge >= 0.3 is 0 Å². The summed E-state index contributed by atoms with van der Waals surface area (Å²) in [6.45, 7) is 6.77. The van der Waals surface area contributed by atoms with Crippen LogP contribution < -0.4 is 4.90 Å². The third-order valence-electron chi connectivity index (χ3n) is 7.84. The predicted molar refractivity (Wildman–Crippen MR) is 155 cm³/mol. The fraction of sp³-hybridized carbons (Fsp3) is 0.500. The quantitative estimate of drug-likeness (QED) is 0.335. The van der Waals surface area contributed by atoms with E-state index in [1.54, 1.807) is 30.6 Å². The number of likely N-dealkylation sites (tertiary alicyclic amines) is 1. The van der Waals surface area contributed by atoms with Crippen LogP contribution in [0.3, 0.4) is 0 Å². The summed E-state index contributed by atoms with van der Waals surface area (Å²) in [5, 5.41) is 0.904. The summed E-state index contributed by atoms with van der Waals surface area (Å²) in [5.74, 6) is 2.20. The molecule has 0 spiro atoms. The van der Waals surface area contributed by atoms with Crippen LogP contribution in [-0.2, 0) is 25.9 Å². The molecule has 0 radical (unpaired) electrons. The first-order chi connectivity index (χ1) is 18.9. The highest BCUT2D eigenvalue weighted by atomic mass is 32.2. The number of hydrogen-bond acceptors (Lipinski definition) is 9. The number of hydrogen-bond donors (Lipinski definition) is 1. The molecule has 3 aromatic heterocycles. The maximum Gasteiger partial charge on any atom is 0.175 e. The Morgan fingerprint density at radius 2 is 1.92 bits per heavy atom. The van der Waals surface area contributed by atoms with Crippen molar-refractivity contribution in [1.29, 1.82) is 0 Å². The molecule has 0 saturated carbocycles. The number of aromatic amines is 1. The van der Waals surface area contributed by atoms with Crippen molar-refractivity contribution < 1.29 is 17.9 Å². The molecule has 2 saturated heterocycles. The number of ether oxygens (including phenoxy) is 2. The summed E-state index contributed by atoms with van der Waals surface area (Å²) in [6, 6.07) is 7.53. The van der Waals surface area contributed by atoms with E-state index in [-0.39, 0.29) is 4.90 Å². The zero-order valence-corrected chi connectivity index (χ0v) is 24.1. The van der Waals surface area contributed by atoms with Crippen LogP contribution in [0.4, 0.5) is 5.82 Å². The molecule has 0 unspecified atom stereocenters. The van der Waals surface area contributed by atoms with Crippen molar-refractivity contribution in [3.05, 3.63) is 35.3 Å². The molecule has 208 valence electrons. The molecule has 6 rings (SSSR count). The number of sulfone groups is 1. The number of benzene rings is 1. The van der Waals surface area contributed by atoms with Gasteiger partial charge in [0.15, 0.2) is 21.5 Å². The molecule has 1 aromatic carbocycles. The number of methoxy groups -OCH3 is 1. The molecule has 9 nitrogen and oxygen atoms in total. The van der Waals surface area contributed by atoms with E-state index in [1.807, 2.05) is 12.3 Å². The minimum atomic E-state index is -3.41. The number of fused-ring (bicyclic) bond motifs is 2. The topological polar surface area (TPSA) is 101 Å². The average Bonchev–Trinajstić information content (AvgIpc) is 3.58. The third-order valence-corrected chi connectivity index (χ3v) is 10.0. The highest BCUT2D eigenvalue weighted by Gasteiger charge is 2.24. The second-order valence-electron chi connectivity index (χ2n) is 10.6. The van der Waals surface area contributed by atoms with E-state index in [0.29, 0.717) is 19.0 Å². The maximum absolute atomic E-state index is 12.5. The Labute approximate surface area is 233 Å². The van der Waals surface area contributed by atoms with Gasteiger partial charge in [-0.25, -0.2) is 18.4 Å². The van der Waals surface area contributed by atoms with Gasteiger partial charge in [0, 0.05) is 67.1 Å². The van der Waals surface area contributed by atoms with E-state index in [0.717, 1.165) is 84.2 Å². The monoisotopic (exact) mass is 569 g/mol. The van der Waals surface area contributed by atoms with Crippen LogP contribution in [0.25, 0.3) is 32.5 Å². The first kappa shape index (κ1) is 26.6. The molecule has 0 bridgehead atoms. The van der Waals surface area contributed by atoms with Crippen LogP contribution in [0.15, 0.2) is 35.4 Å². The van der Waals surface area contributed by atoms with Gasteiger partial charge in [-0.3, -0.25) is 4.90 Å². The molecule has 0 amide bonds. The van der Waals surface area contributed by atoms with E-state index in [4.69, 9.17) is 19.4 Å². The lowest BCUT2D eigenvalue weighted by molar-refractivity contribution is 0.122. The van der Waals surface area contributed by atoms with Crippen LogP contribution in [0.5, 0.6) is 0 Å². The van der Waals surface area contributed by atoms with Crippen molar-refractivity contribution >= 4 is 48.1 Å². The highest BCUT2D eigenvalue weighted by Crippen LogP contribution is 2.37. The summed E-state index contributed by atoms with van der Waals surface area (Å²) in [5.41, 5.74) is 2.38. The second-order valence-corrected chi connectivity index (χ2v) is 13.7. The van der Waals surface area contributed by atoms with Crippen molar-refractivity contribution in [2.45, 2.75) is 30.7 Å². The smallest absolute Gasteiger partial charge is 0.175 e. The third kappa shape index (κ3) is 5.69. The van der Waals surface area contributed by atoms with E-state index >= 15 is 0 Å². The molecule has 1 N–H and O–H groups in total. The number of thiophene rings is 1. The molecule has 2 aliphatic heterocycles. The minimum absolute atomic E-state index is 0.254. The van der Waals surface area contributed by atoms with Crippen molar-refractivity contribution in [2.24, 2.45) is 5.92 Å². The molecular weight excluding hydrogens is 534 g/mol. The minimum Gasteiger partial charge on any atom is -0.385 e. The van der Waals surface area contributed by atoms with Gasteiger partial charge in [0.1, 0.15) is 0 Å². The van der Waals surface area contributed by atoms with Crippen molar-refractivity contribution in [3.63, 3.8) is 0 Å². The molecular formula is C28H35N5O4S2. The van der Waals surface area contributed by atoms with Gasteiger partial charge in [0.25, 0.3) is 0 Å². The van der Waals surface area contributed by atoms with Gasteiger partial charge in [-0.2, -0.15) is 0 Å². The molecule has 4 aromatic rings. The van der Waals surface area contributed by atoms with Crippen LogP contribution in [0, 0.1) is 5.92 Å². The van der Waals surface area contributed by atoms with Crippen LogP contribution in [-0.4, -0.2) is 87.6 Å². The van der Waals surface area contributed by atoms with Gasteiger partial charge in [0.05, 0.1) is 28.3 Å². The molecule has 0 aliphatic carbocycles. The summed E-state index contributed by atoms with van der Waals surface area (Å²) >= 11 is 1.77. The van der Waals surface area contributed by atoms with Gasteiger partial charge in [0.2, 0.25) is 0 Å². The van der Waals surface area contributed by atoms with Crippen LogP contribution in [0.2, 0.25) is 0 Å². The fourth-order valence-electron chi connectivity index (χ4n) is 5.63. The Hall–Kier alpha value is -2.57. The Morgan fingerprint density at radius 1 is 1.13 bits per heavy atom. The summed E-state index contributed by atoms with van der Waals surface area (Å²) in [4.78, 5) is 19.6. The molecule has 0 atom stereocenters. The second kappa shape index (κ2) is 11.1. The lowest BCUT2D eigenvalue weighted by Crippen LogP contribution is -2.36. The van der Waals surface area contributed by atoms with Gasteiger partial charge in [-0.05, 0) is 62.5 Å². The normalized spacial score (nSPS) is 17.9. The Morgan fingerprint density at radius 3 is 2.67 bits per heavy atom. The molecule has 5 heterocycles. The lowest BCUT2D eigenvalue weighted by atomic mass is 9.94. The molecule has 39 heavy (non-hydrogen) atoms. The fourth-order valence-corrected chi connectivity index (χ4v) is 7.45. The van der Waals surface area contributed by atoms with Gasteiger partial charge in [-0.15, -0.1) is 11.3 Å². The van der Waals surface area contributed by atoms with Crippen LogP contribution in [0.1, 0.15) is 24.1 Å². The van der Waals surface area contributed by atoms with Crippen molar-refractivity contribution in [2.75, 3.05) is 64.3 Å². The number of H-pyrrole nitrogens is 1. The first-order valence-electron chi connectivity index (χ1n) is 13.5. The number of rotatable bonds is 8. The van der Waals surface area contributed by atoms with Gasteiger partial charge < -0.3 is 19.4 Å². The standard InChI is InChI=1S/C28H35N5O4S2/c1-36-12-6-19-4-8-32(9-5-19)18-20-15-25-26(38-20)28(33-10-13-37-14-11-33)31-27(30-25)23-16-21(39(2,34)35)17-24-22(23)3-7-29-24/h3,7,15-17,19,29H,4-6,8-14,18H2,1-2H3. The largest absolute Gasteiger partial charge is 0.385 e. The summed E-state index contributed by atoms with van der Waals surface area (Å²) in [6.07, 6.45) is 6.61. The Bertz CT molecular complexity index is 1570. The Balaban J connectivity index is 1.38. The van der Waals surface area contributed by atoms with Crippen molar-refractivity contribution in [1.82, 2.24) is 19.9 Å². The number of nitrogens with zero attached hydrogens (tertiary/aromatic N) is 4. The van der Waals surface area contributed by atoms with Crippen molar-refractivity contribution in [3.8, 4) is 11.4 Å². The van der Waals surface area contributed by atoms with Crippen LogP contribution >= 0.6 is 11.3 Å². The summed E-state index contributed by atoms with van der Waals surface area (Å²) < 4.78 is 37.0. The van der Waals surface area contributed by atoms with Gasteiger partial charge in [-0.1, -0.05) is 0 Å². The lowest BCUT2D eigenvalue weighted by Gasteiger charge is -2.31. The van der Waals surface area contributed by atoms with E-state index in [2.05, 4.69) is 20.9 Å². The molecule has 2 fully saturated rings. The number of piperidine rings is 1. The van der Waals surface area contributed by atoms with E-state index < -0.39 is 9.84 Å². The molecule has 2 aliphatic rings. The highest BCUT2D eigenvalue weighted by molar-refractivity contribution is 7.90.